The van der Waals surface area contributed by atoms with Crippen molar-refractivity contribution in [3.63, 3.8) is 0 Å². The van der Waals surface area contributed by atoms with Gasteiger partial charge < -0.3 is 10.8 Å². The van der Waals surface area contributed by atoms with Gasteiger partial charge in [0.05, 0.1) is 0 Å². The molecule has 0 spiro atoms. The van der Waals surface area contributed by atoms with Gasteiger partial charge in [-0.2, -0.15) is 0 Å². The van der Waals surface area contributed by atoms with E-state index in [-0.39, 0.29) is 22.2 Å². The van der Waals surface area contributed by atoms with Crippen LogP contribution in [0.5, 0.6) is 0 Å². The van der Waals surface area contributed by atoms with Crippen molar-refractivity contribution in [2.45, 2.75) is 28.7 Å². The number of aryl methyl sites for hydroxylation is 1. The van der Waals surface area contributed by atoms with E-state index in [9.17, 15) is 14.7 Å². The Morgan fingerprint density at radius 2 is 2.27 bits per heavy atom. The minimum absolute atomic E-state index is 0.0415. The zero-order valence-electron chi connectivity index (χ0n) is 11.8. The first-order valence-corrected chi connectivity index (χ1v) is 8.40. The lowest BCUT2D eigenvalue weighted by Gasteiger charge is -2.49. The van der Waals surface area contributed by atoms with E-state index in [2.05, 4.69) is 15.5 Å². The highest BCUT2D eigenvalue weighted by Crippen LogP contribution is 2.44. The Kier molecular flexibility index (Phi) is 3.87. The molecule has 0 radical (unpaired) electrons. The average molecular weight is 342 g/mol. The lowest BCUT2D eigenvalue weighted by Crippen LogP contribution is -2.69. The van der Waals surface area contributed by atoms with E-state index >= 15 is 0 Å². The molecule has 3 atom stereocenters. The molecule has 9 nitrogen and oxygen atoms in total. The number of nitrogens with zero attached hydrogens (tertiary/aromatic N) is 5. The van der Waals surface area contributed by atoms with Gasteiger partial charge in [0.2, 0.25) is 11.1 Å². The Labute approximate surface area is 134 Å². The van der Waals surface area contributed by atoms with E-state index in [0.29, 0.717) is 16.5 Å². The summed E-state index contributed by atoms with van der Waals surface area (Å²) in [5.41, 5.74) is 6.48. The molecular weight excluding hydrogens is 328 g/mol. The third-order valence-electron chi connectivity index (χ3n) is 3.60. The molecule has 1 saturated heterocycles. The number of nitrogens with two attached hydrogens (primary N) is 1. The molecule has 1 amide bonds. The lowest BCUT2D eigenvalue weighted by molar-refractivity contribution is -0.148. The molecular formula is C11H14N6O3S2. The van der Waals surface area contributed by atoms with Crippen molar-refractivity contribution >= 4 is 35.4 Å². The summed E-state index contributed by atoms with van der Waals surface area (Å²) in [6.07, 6.45) is 0. The summed E-state index contributed by atoms with van der Waals surface area (Å²) in [5, 5.41) is 20.9. The maximum Gasteiger partial charge on any atom is 0.352 e. The number of rotatable bonds is 4. The topological polar surface area (TPSA) is 127 Å². The molecule has 118 valence electrons. The first-order chi connectivity index (χ1) is 10.4. The van der Waals surface area contributed by atoms with Crippen molar-refractivity contribution in [3.05, 3.63) is 11.3 Å². The molecule has 11 heteroatoms. The third kappa shape index (κ3) is 2.29. The van der Waals surface area contributed by atoms with Crippen LogP contribution in [0, 0.1) is 0 Å². The van der Waals surface area contributed by atoms with E-state index in [0.717, 1.165) is 0 Å². The van der Waals surface area contributed by atoms with E-state index < -0.39 is 12.0 Å². The predicted octanol–water partition coefficient (Wildman–Crippen LogP) is -0.728. The molecule has 0 saturated carbocycles. The van der Waals surface area contributed by atoms with Crippen LogP contribution in [0.15, 0.2) is 16.4 Å². The number of carbonyl (C=O) groups is 2. The Bertz CT molecular complexity index is 675. The smallest absolute Gasteiger partial charge is 0.352 e. The highest BCUT2D eigenvalue weighted by atomic mass is 32.2. The Balaban J connectivity index is 1.89. The zero-order valence-corrected chi connectivity index (χ0v) is 13.5. The largest absolute Gasteiger partial charge is 0.477 e. The van der Waals surface area contributed by atoms with Crippen LogP contribution in [0.4, 0.5) is 0 Å². The average Bonchev–Trinajstić information content (AvgIpc) is 2.89. The van der Waals surface area contributed by atoms with Crippen LogP contribution in [-0.4, -0.2) is 64.5 Å². The van der Waals surface area contributed by atoms with Crippen molar-refractivity contribution in [1.82, 2.24) is 25.1 Å². The number of thioether (sulfide) groups is 2. The van der Waals surface area contributed by atoms with Gasteiger partial charge in [-0.3, -0.25) is 9.69 Å². The lowest BCUT2D eigenvalue weighted by atomic mass is 10.0. The zero-order chi connectivity index (χ0) is 16.0. The second kappa shape index (κ2) is 5.56. The van der Waals surface area contributed by atoms with E-state index in [1.807, 2.05) is 6.92 Å². The van der Waals surface area contributed by atoms with Gasteiger partial charge in [-0.05, 0) is 22.9 Å². The molecule has 3 rings (SSSR count). The second-order valence-corrected chi connectivity index (χ2v) is 7.36. The van der Waals surface area contributed by atoms with Crippen molar-refractivity contribution in [2.24, 2.45) is 12.8 Å². The van der Waals surface area contributed by atoms with Crippen LogP contribution in [0.3, 0.4) is 0 Å². The summed E-state index contributed by atoms with van der Waals surface area (Å²) >= 11 is 2.84. The number of hydrogen-bond donors (Lipinski definition) is 2. The van der Waals surface area contributed by atoms with Gasteiger partial charge in [0, 0.05) is 18.1 Å². The molecule has 1 fully saturated rings. The van der Waals surface area contributed by atoms with Crippen molar-refractivity contribution in [2.75, 3.05) is 5.75 Å². The number of tetrazole rings is 1. The third-order valence-corrected chi connectivity index (χ3v) is 6.14. The highest BCUT2D eigenvalue weighted by molar-refractivity contribution is 8.01. The van der Waals surface area contributed by atoms with Crippen molar-refractivity contribution < 1.29 is 14.7 Å². The minimum atomic E-state index is -1.11. The number of carbonyl (C=O) groups excluding carboxylic acids is 1. The molecule has 0 aromatic carbocycles. The molecule has 1 aromatic rings. The van der Waals surface area contributed by atoms with Crippen molar-refractivity contribution in [3.8, 4) is 0 Å². The summed E-state index contributed by atoms with van der Waals surface area (Å²) < 4.78 is 1.51. The van der Waals surface area contributed by atoms with Crippen LogP contribution >= 0.6 is 23.5 Å². The predicted molar refractivity (Wildman–Crippen MR) is 79.8 cm³/mol. The second-order valence-electron chi connectivity index (χ2n) is 4.96. The summed E-state index contributed by atoms with van der Waals surface area (Å²) in [6.45, 7) is 1.92. The van der Waals surface area contributed by atoms with Crippen LogP contribution < -0.4 is 5.73 Å². The summed E-state index contributed by atoms with van der Waals surface area (Å²) in [7, 11) is 1.71. The molecule has 3 N–H and O–H groups in total. The highest BCUT2D eigenvalue weighted by Gasteiger charge is 2.53. The molecule has 2 aliphatic heterocycles. The molecule has 1 unspecified atom stereocenters. The molecule has 22 heavy (non-hydrogen) atoms. The molecule has 2 aliphatic rings. The Hall–Kier alpha value is -1.59. The van der Waals surface area contributed by atoms with Gasteiger partial charge in [-0.25, -0.2) is 9.48 Å². The van der Waals surface area contributed by atoms with Crippen LogP contribution in [0.2, 0.25) is 0 Å². The number of β-lactam (4-membered cyclic amide) rings is 1. The fourth-order valence-corrected chi connectivity index (χ4v) is 4.91. The monoisotopic (exact) mass is 342 g/mol. The Morgan fingerprint density at radius 3 is 2.86 bits per heavy atom. The van der Waals surface area contributed by atoms with Gasteiger partial charge in [-0.1, -0.05) is 11.8 Å². The number of aliphatic carboxylic acids is 1. The van der Waals surface area contributed by atoms with E-state index in [1.54, 1.807) is 7.05 Å². The van der Waals surface area contributed by atoms with E-state index in [1.165, 1.54) is 33.1 Å². The van der Waals surface area contributed by atoms with Crippen molar-refractivity contribution in [1.29, 1.82) is 0 Å². The summed E-state index contributed by atoms with van der Waals surface area (Å²) in [5.74, 6) is -1.05. The summed E-state index contributed by atoms with van der Waals surface area (Å²) in [4.78, 5) is 24.8. The maximum atomic E-state index is 11.9. The standard InChI is InChI=1S/C11H14N6O3S2/c1-4-5(3-21-11-13-14-15-16(11)2)7(10(19)20)17-8(18)6(12)9(17)22-4/h4,6,9H,3,12H2,1-2H3,(H,19,20)/t4-,6?,9-/m1/s1. The van der Waals surface area contributed by atoms with Crippen LogP contribution in [0.1, 0.15) is 6.92 Å². The number of aromatic nitrogens is 4. The maximum absolute atomic E-state index is 11.9. The number of carboxylic acids is 1. The molecule has 0 bridgehead atoms. The minimum Gasteiger partial charge on any atom is -0.477 e. The molecule has 1 aromatic heterocycles. The molecule has 0 aliphatic carbocycles. The normalized spacial score (nSPS) is 27.7. The van der Waals surface area contributed by atoms with Crippen LogP contribution in [0.25, 0.3) is 0 Å². The number of hydrogen-bond acceptors (Lipinski definition) is 8. The van der Waals surface area contributed by atoms with Gasteiger partial charge in [0.15, 0.2) is 0 Å². The number of carboxylic acid groups (broad SMARTS) is 1. The quantitative estimate of drug-likeness (QED) is 0.538. The fourth-order valence-electron chi connectivity index (χ4n) is 2.42. The number of fused-ring (bicyclic) bond motifs is 1. The van der Waals surface area contributed by atoms with Gasteiger partial charge in [0.25, 0.3) is 0 Å². The van der Waals surface area contributed by atoms with Crippen LogP contribution in [-0.2, 0) is 16.6 Å². The van der Waals surface area contributed by atoms with Gasteiger partial charge >= 0.3 is 5.97 Å². The first kappa shape index (κ1) is 15.3. The fraction of sp³-hybridized carbons (Fsp3) is 0.545. The van der Waals surface area contributed by atoms with Gasteiger partial charge in [0.1, 0.15) is 17.1 Å². The Morgan fingerprint density at radius 1 is 1.55 bits per heavy atom. The van der Waals surface area contributed by atoms with Gasteiger partial charge in [-0.15, -0.1) is 16.9 Å². The molecule has 3 heterocycles. The number of amides is 1. The SMILES string of the molecule is C[C@H]1S[C@@H]2C(N)C(=O)N2C(C(=O)O)=C1CSc1nnnn1C. The summed E-state index contributed by atoms with van der Waals surface area (Å²) in [6, 6.07) is -0.626. The first-order valence-electron chi connectivity index (χ1n) is 6.47. The van der Waals surface area contributed by atoms with E-state index in [4.69, 9.17) is 5.73 Å².